The van der Waals surface area contributed by atoms with E-state index in [9.17, 15) is 14.0 Å². The molecule has 2 amide bonds. The van der Waals surface area contributed by atoms with Crippen molar-refractivity contribution >= 4 is 46.7 Å². The van der Waals surface area contributed by atoms with Gasteiger partial charge in [-0.15, -0.1) is 11.8 Å². The van der Waals surface area contributed by atoms with Crippen LogP contribution in [0.2, 0.25) is 5.02 Å². The number of carbonyl (C=O) groups excluding carboxylic acids is 2. The summed E-state index contributed by atoms with van der Waals surface area (Å²) in [4.78, 5) is 30.6. The van der Waals surface area contributed by atoms with E-state index in [4.69, 9.17) is 22.1 Å². The fraction of sp³-hybridized carbons (Fsp3) is 0.136. The van der Waals surface area contributed by atoms with E-state index in [1.54, 1.807) is 24.3 Å². The molecule has 0 atom stereocenters. The molecule has 0 saturated carbocycles. The van der Waals surface area contributed by atoms with Gasteiger partial charge in [0.1, 0.15) is 24.0 Å². The van der Waals surface area contributed by atoms with Gasteiger partial charge in [-0.25, -0.2) is 9.37 Å². The number of aromatic nitrogens is 1. The Kier molecular flexibility index (Phi) is 8.04. The maximum atomic E-state index is 13.9. The van der Waals surface area contributed by atoms with E-state index in [1.165, 1.54) is 30.1 Å². The first kappa shape index (κ1) is 23.5. The highest BCUT2D eigenvalue weighted by molar-refractivity contribution is 7.98. The number of thioether (sulfide) groups is 1. The summed E-state index contributed by atoms with van der Waals surface area (Å²) in [6.07, 6.45) is 3.27. The number of benzene rings is 2. The van der Waals surface area contributed by atoms with Crippen molar-refractivity contribution in [1.82, 2.24) is 4.98 Å². The van der Waals surface area contributed by atoms with Crippen molar-refractivity contribution in [3.8, 4) is 5.75 Å². The van der Waals surface area contributed by atoms with Gasteiger partial charge in [0, 0.05) is 17.6 Å². The SMILES string of the molecule is CSc1ccc(C(=O)Nc2ccc(F)cc2C(=O)Nc2ccc(Cl)cn2)c(OCCN)c1. The van der Waals surface area contributed by atoms with E-state index in [1.807, 2.05) is 6.26 Å². The Morgan fingerprint density at radius 3 is 2.56 bits per heavy atom. The Morgan fingerprint density at radius 2 is 1.88 bits per heavy atom. The Morgan fingerprint density at radius 1 is 1.09 bits per heavy atom. The van der Waals surface area contributed by atoms with Crippen LogP contribution in [0.3, 0.4) is 0 Å². The first-order valence-corrected chi connectivity index (χ1v) is 11.1. The summed E-state index contributed by atoms with van der Waals surface area (Å²) in [7, 11) is 0. The average Bonchev–Trinajstić information content (AvgIpc) is 2.80. The summed E-state index contributed by atoms with van der Waals surface area (Å²) in [5.41, 5.74) is 5.83. The van der Waals surface area contributed by atoms with Gasteiger partial charge < -0.3 is 21.1 Å². The van der Waals surface area contributed by atoms with Crippen molar-refractivity contribution in [2.75, 3.05) is 30.0 Å². The van der Waals surface area contributed by atoms with Crippen LogP contribution in [0.5, 0.6) is 5.75 Å². The second-order valence-electron chi connectivity index (χ2n) is 6.46. The van der Waals surface area contributed by atoms with Gasteiger partial charge in [-0.1, -0.05) is 11.6 Å². The molecule has 0 unspecified atom stereocenters. The summed E-state index contributed by atoms with van der Waals surface area (Å²) in [6.45, 7) is 0.516. The molecule has 10 heteroatoms. The van der Waals surface area contributed by atoms with Crippen molar-refractivity contribution in [3.05, 3.63) is 76.7 Å². The normalized spacial score (nSPS) is 10.5. The summed E-state index contributed by atoms with van der Waals surface area (Å²) in [5.74, 6) is -1.21. The van der Waals surface area contributed by atoms with Gasteiger partial charge in [0.25, 0.3) is 11.8 Å². The minimum atomic E-state index is -0.646. The van der Waals surface area contributed by atoms with Gasteiger partial charge in [0.15, 0.2) is 0 Å². The van der Waals surface area contributed by atoms with Gasteiger partial charge in [-0.2, -0.15) is 0 Å². The van der Waals surface area contributed by atoms with Crippen molar-refractivity contribution in [1.29, 1.82) is 0 Å². The van der Waals surface area contributed by atoms with Gasteiger partial charge in [0.2, 0.25) is 0 Å². The highest BCUT2D eigenvalue weighted by Gasteiger charge is 2.19. The molecule has 3 rings (SSSR count). The number of hydrogen-bond acceptors (Lipinski definition) is 6. The number of amides is 2. The molecule has 32 heavy (non-hydrogen) atoms. The monoisotopic (exact) mass is 474 g/mol. The third kappa shape index (κ3) is 5.97. The summed E-state index contributed by atoms with van der Waals surface area (Å²) < 4.78 is 19.5. The Balaban J connectivity index is 1.87. The maximum Gasteiger partial charge on any atom is 0.259 e. The average molecular weight is 475 g/mol. The molecule has 7 nitrogen and oxygen atoms in total. The predicted molar refractivity (Wildman–Crippen MR) is 124 cm³/mol. The molecular weight excluding hydrogens is 455 g/mol. The fourth-order valence-corrected chi connectivity index (χ4v) is 3.28. The number of rotatable bonds is 8. The van der Waals surface area contributed by atoms with Crippen LogP contribution in [0.15, 0.2) is 59.6 Å². The second kappa shape index (κ2) is 10.9. The molecule has 0 aliphatic heterocycles. The Hall–Kier alpha value is -3.14. The summed E-state index contributed by atoms with van der Waals surface area (Å²) in [6, 6.07) is 11.7. The van der Waals surface area contributed by atoms with E-state index in [0.29, 0.717) is 10.8 Å². The number of halogens is 2. The number of nitrogens with two attached hydrogens (primary N) is 1. The summed E-state index contributed by atoms with van der Waals surface area (Å²) >= 11 is 7.30. The molecule has 166 valence electrons. The third-order valence-electron chi connectivity index (χ3n) is 4.25. The maximum absolute atomic E-state index is 13.9. The number of pyridine rings is 1. The van der Waals surface area contributed by atoms with E-state index in [-0.39, 0.29) is 35.8 Å². The molecule has 1 aromatic heterocycles. The molecule has 4 N–H and O–H groups in total. The molecule has 0 aliphatic carbocycles. The van der Waals surface area contributed by atoms with Crippen LogP contribution in [-0.4, -0.2) is 36.2 Å². The van der Waals surface area contributed by atoms with E-state index in [0.717, 1.165) is 17.0 Å². The lowest BCUT2D eigenvalue weighted by atomic mass is 10.1. The molecule has 3 aromatic rings. The van der Waals surface area contributed by atoms with Crippen molar-refractivity contribution < 1.29 is 18.7 Å². The Labute approximate surface area is 193 Å². The van der Waals surface area contributed by atoms with Crippen molar-refractivity contribution in [2.45, 2.75) is 4.90 Å². The molecule has 0 radical (unpaired) electrons. The lowest BCUT2D eigenvalue weighted by molar-refractivity contribution is 0.102. The van der Waals surface area contributed by atoms with E-state index in [2.05, 4.69) is 15.6 Å². The topological polar surface area (TPSA) is 106 Å². The van der Waals surface area contributed by atoms with Crippen LogP contribution in [0.4, 0.5) is 15.9 Å². The predicted octanol–water partition coefficient (Wildman–Crippen LogP) is 4.44. The first-order chi connectivity index (χ1) is 15.4. The van der Waals surface area contributed by atoms with Gasteiger partial charge >= 0.3 is 0 Å². The zero-order valence-electron chi connectivity index (χ0n) is 17.0. The van der Waals surface area contributed by atoms with Gasteiger partial charge in [-0.05, 0) is 54.8 Å². The van der Waals surface area contributed by atoms with E-state index >= 15 is 0 Å². The number of ether oxygens (including phenoxy) is 1. The number of nitrogens with one attached hydrogen (secondary N) is 2. The standard InChI is InChI=1S/C22H20ClFN4O3S/c1-32-15-4-5-16(19(11-15)31-9-8-25)21(29)27-18-6-3-14(24)10-17(18)22(30)28-20-7-2-13(23)12-26-20/h2-7,10-12H,8-9,25H2,1H3,(H,27,29)(H,26,28,30). The quantitative estimate of drug-likeness (QED) is 0.417. The molecule has 0 bridgehead atoms. The zero-order chi connectivity index (χ0) is 23.1. The highest BCUT2D eigenvalue weighted by atomic mass is 35.5. The van der Waals surface area contributed by atoms with Gasteiger partial charge in [0.05, 0.1) is 21.8 Å². The van der Waals surface area contributed by atoms with Crippen molar-refractivity contribution in [3.63, 3.8) is 0 Å². The number of carbonyl (C=O) groups is 2. The molecule has 2 aromatic carbocycles. The number of anilines is 2. The van der Waals surface area contributed by atoms with Crippen LogP contribution in [0.1, 0.15) is 20.7 Å². The molecular formula is C22H20ClFN4O3S. The molecule has 0 fully saturated rings. The number of hydrogen-bond donors (Lipinski definition) is 3. The number of nitrogens with zero attached hydrogens (tertiary/aromatic N) is 1. The van der Waals surface area contributed by atoms with Crippen LogP contribution in [0.25, 0.3) is 0 Å². The molecule has 0 saturated heterocycles. The smallest absolute Gasteiger partial charge is 0.259 e. The minimum Gasteiger partial charge on any atom is -0.491 e. The molecule has 0 spiro atoms. The van der Waals surface area contributed by atoms with Crippen LogP contribution in [-0.2, 0) is 0 Å². The molecule has 1 heterocycles. The summed E-state index contributed by atoms with van der Waals surface area (Å²) in [5, 5.41) is 5.62. The minimum absolute atomic E-state index is 0.0692. The van der Waals surface area contributed by atoms with Crippen LogP contribution < -0.4 is 21.1 Å². The third-order valence-corrected chi connectivity index (χ3v) is 5.20. The van der Waals surface area contributed by atoms with Gasteiger partial charge in [-0.3, -0.25) is 9.59 Å². The fourth-order valence-electron chi connectivity index (χ4n) is 2.74. The largest absolute Gasteiger partial charge is 0.491 e. The van der Waals surface area contributed by atoms with Crippen molar-refractivity contribution in [2.24, 2.45) is 5.73 Å². The zero-order valence-corrected chi connectivity index (χ0v) is 18.6. The lowest BCUT2D eigenvalue weighted by Gasteiger charge is -2.14. The van der Waals surface area contributed by atoms with E-state index < -0.39 is 17.6 Å². The highest BCUT2D eigenvalue weighted by Crippen LogP contribution is 2.27. The molecule has 0 aliphatic rings. The first-order valence-electron chi connectivity index (χ1n) is 9.46. The van der Waals surface area contributed by atoms with Crippen LogP contribution in [0, 0.1) is 5.82 Å². The van der Waals surface area contributed by atoms with Crippen LogP contribution >= 0.6 is 23.4 Å². The Bertz CT molecular complexity index is 1130. The lowest BCUT2D eigenvalue weighted by Crippen LogP contribution is -2.20. The second-order valence-corrected chi connectivity index (χ2v) is 7.78.